The largest absolute Gasteiger partial charge is 0.341 e. The molecule has 0 aliphatic carbocycles. The van der Waals surface area contributed by atoms with E-state index in [1.807, 2.05) is 18.3 Å². The van der Waals surface area contributed by atoms with Crippen molar-refractivity contribution in [2.75, 3.05) is 6.54 Å². The van der Waals surface area contributed by atoms with E-state index in [1.165, 1.54) is 0 Å². The molecule has 0 amide bonds. The van der Waals surface area contributed by atoms with E-state index in [1.54, 1.807) is 12.4 Å². The van der Waals surface area contributed by atoms with Crippen molar-refractivity contribution in [3.63, 3.8) is 0 Å². The van der Waals surface area contributed by atoms with Gasteiger partial charge in [-0.05, 0) is 24.6 Å². The zero-order chi connectivity index (χ0) is 12.1. The molecular weight excluding hydrogens is 212 g/mol. The highest BCUT2D eigenvalue weighted by Gasteiger charge is 2.02. The maximum absolute atomic E-state index is 4.35. The van der Waals surface area contributed by atoms with Gasteiger partial charge in [-0.2, -0.15) is 0 Å². The molecular formula is C13H18N4. The Balaban J connectivity index is 1.97. The highest BCUT2D eigenvalue weighted by atomic mass is 15.0. The highest BCUT2D eigenvalue weighted by Crippen LogP contribution is 2.15. The highest BCUT2D eigenvalue weighted by molar-refractivity contribution is 5.57. The van der Waals surface area contributed by atoms with Gasteiger partial charge in [0, 0.05) is 18.0 Å². The number of H-pyrrole nitrogens is 1. The third-order valence-corrected chi connectivity index (χ3v) is 2.46. The minimum absolute atomic E-state index is 0.657. The molecule has 0 bridgehead atoms. The number of rotatable bonds is 5. The van der Waals surface area contributed by atoms with Gasteiger partial charge in [-0.3, -0.25) is 4.98 Å². The minimum atomic E-state index is 0.657. The molecule has 4 nitrogen and oxygen atoms in total. The molecule has 2 heterocycles. The summed E-state index contributed by atoms with van der Waals surface area (Å²) in [6.45, 7) is 6.17. The lowest BCUT2D eigenvalue weighted by atomic mass is 10.2. The fourth-order valence-corrected chi connectivity index (χ4v) is 1.61. The number of hydrogen-bond donors (Lipinski definition) is 2. The Morgan fingerprint density at radius 3 is 2.76 bits per heavy atom. The van der Waals surface area contributed by atoms with E-state index in [0.29, 0.717) is 5.92 Å². The molecule has 0 aliphatic heterocycles. The summed E-state index contributed by atoms with van der Waals surface area (Å²) in [4.78, 5) is 11.7. The number of hydrogen-bond acceptors (Lipinski definition) is 3. The van der Waals surface area contributed by atoms with E-state index < -0.39 is 0 Å². The standard InChI is InChI=1S/C13H18N4/c1-10(2)7-15-9-13-16-8-12(17-13)11-3-5-14-6-4-11/h3-6,8,10,15H,7,9H2,1-2H3,(H,16,17). The number of aromatic nitrogens is 3. The van der Waals surface area contributed by atoms with E-state index in [2.05, 4.69) is 34.1 Å². The minimum Gasteiger partial charge on any atom is -0.341 e. The van der Waals surface area contributed by atoms with Crippen molar-refractivity contribution in [3.05, 3.63) is 36.5 Å². The predicted octanol–water partition coefficient (Wildman–Crippen LogP) is 2.22. The van der Waals surface area contributed by atoms with E-state index in [-0.39, 0.29) is 0 Å². The van der Waals surface area contributed by atoms with Gasteiger partial charge in [0.25, 0.3) is 0 Å². The van der Waals surface area contributed by atoms with Crippen LogP contribution in [0, 0.1) is 5.92 Å². The first-order valence-electron chi connectivity index (χ1n) is 5.90. The molecule has 2 aromatic heterocycles. The van der Waals surface area contributed by atoms with Crippen LogP contribution in [-0.4, -0.2) is 21.5 Å². The average molecular weight is 230 g/mol. The smallest absolute Gasteiger partial charge is 0.120 e. The normalized spacial score (nSPS) is 11.0. The van der Waals surface area contributed by atoms with Crippen LogP contribution in [-0.2, 0) is 6.54 Å². The van der Waals surface area contributed by atoms with Crippen LogP contribution < -0.4 is 5.32 Å². The lowest BCUT2D eigenvalue weighted by Gasteiger charge is -2.04. The predicted molar refractivity (Wildman–Crippen MR) is 68.4 cm³/mol. The Morgan fingerprint density at radius 2 is 2.06 bits per heavy atom. The molecule has 0 aromatic carbocycles. The molecule has 2 rings (SSSR count). The van der Waals surface area contributed by atoms with Gasteiger partial charge in [-0.1, -0.05) is 13.8 Å². The lowest BCUT2D eigenvalue weighted by molar-refractivity contribution is 0.545. The van der Waals surface area contributed by atoms with Gasteiger partial charge in [0.2, 0.25) is 0 Å². The second-order valence-corrected chi connectivity index (χ2v) is 4.50. The van der Waals surface area contributed by atoms with Gasteiger partial charge in [0.15, 0.2) is 0 Å². The van der Waals surface area contributed by atoms with Gasteiger partial charge in [-0.15, -0.1) is 0 Å². The molecule has 2 aromatic rings. The quantitative estimate of drug-likeness (QED) is 0.828. The second-order valence-electron chi connectivity index (χ2n) is 4.50. The van der Waals surface area contributed by atoms with E-state index in [0.717, 1.165) is 30.2 Å². The van der Waals surface area contributed by atoms with Gasteiger partial charge in [0.05, 0.1) is 18.4 Å². The molecule has 0 saturated carbocycles. The first kappa shape index (κ1) is 11.8. The third-order valence-electron chi connectivity index (χ3n) is 2.46. The van der Waals surface area contributed by atoms with Gasteiger partial charge in [0.1, 0.15) is 5.82 Å². The first-order valence-corrected chi connectivity index (χ1v) is 5.90. The van der Waals surface area contributed by atoms with Crippen LogP contribution in [0.1, 0.15) is 19.7 Å². The van der Waals surface area contributed by atoms with Gasteiger partial charge in [-0.25, -0.2) is 4.98 Å². The lowest BCUT2D eigenvalue weighted by Crippen LogP contribution is -2.19. The van der Waals surface area contributed by atoms with Crippen LogP contribution >= 0.6 is 0 Å². The molecule has 0 unspecified atom stereocenters. The van der Waals surface area contributed by atoms with Crippen LogP contribution in [0.25, 0.3) is 11.3 Å². The van der Waals surface area contributed by atoms with Crippen LogP contribution in [0.15, 0.2) is 30.7 Å². The summed E-state index contributed by atoms with van der Waals surface area (Å²) in [6, 6.07) is 3.94. The number of pyridine rings is 1. The molecule has 90 valence electrons. The molecule has 2 N–H and O–H groups in total. The van der Waals surface area contributed by atoms with Crippen molar-refractivity contribution in [2.24, 2.45) is 5.92 Å². The molecule has 0 spiro atoms. The first-order chi connectivity index (χ1) is 8.25. The van der Waals surface area contributed by atoms with Gasteiger partial charge < -0.3 is 10.3 Å². The molecule has 17 heavy (non-hydrogen) atoms. The van der Waals surface area contributed by atoms with Crippen LogP contribution in [0.3, 0.4) is 0 Å². The van der Waals surface area contributed by atoms with Crippen molar-refractivity contribution >= 4 is 0 Å². The SMILES string of the molecule is CC(C)CNCc1ncc(-c2ccncc2)[nH]1. The van der Waals surface area contributed by atoms with Crippen molar-refractivity contribution in [2.45, 2.75) is 20.4 Å². The second kappa shape index (κ2) is 5.59. The summed E-state index contributed by atoms with van der Waals surface area (Å²) >= 11 is 0. The van der Waals surface area contributed by atoms with Crippen molar-refractivity contribution in [1.82, 2.24) is 20.3 Å². The summed E-state index contributed by atoms with van der Waals surface area (Å²) < 4.78 is 0. The summed E-state index contributed by atoms with van der Waals surface area (Å²) in [5.41, 5.74) is 2.15. The van der Waals surface area contributed by atoms with Crippen LogP contribution in [0.5, 0.6) is 0 Å². The molecule has 0 radical (unpaired) electrons. The van der Waals surface area contributed by atoms with Crippen molar-refractivity contribution in [3.8, 4) is 11.3 Å². The summed E-state index contributed by atoms with van der Waals surface area (Å²) in [6.07, 6.45) is 5.43. The Hall–Kier alpha value is -1.68. The van der Waals surface area contributed by atoms with E-state index in [9.17, 15) is 0 Å². The van der Waals surface area contributed by atoms with Crippen LogP contribution in [0.4, 0.5) is 0 Å². The Morgan fingerprint density at radius 1 is 1.29 bits per heavy atom. The average Bonchev–Trinajstić information content (AvgIpc) is 2.78. The fraction of sp³-hybridized carbons (Fsp3) is 0.385. The fourth-order valence-electron chi connectivity index (χ4n) is 1.61. The maximum Gasteiger partial charge on any atom is 0.120 e. The van der Waals surface area contributed by atoms with E-state index in [4.69, 9.17) is 0 Å². The van der Waals surface area contributed by atoms with Crippen LogP contribution in [0.2, 0.25) is 0 Å². The Kier molecular flexibility index (Phi) is 3.88. The monoisotopic (exact) mass is 230 g/mol. The topological polar surface area (TPSA) is 53.6 Å². The number of imidazole rings is 1. The van der Waals surface area contributed by atoms with Gasteiger partial charge >= 0.3 is 0 Å². The zero-order valence-electron chi connectivity index (χ0n) is 10.3. The van der Waals surface area contributed by atoms with Crippen molar-refractivity contribution in [1.29, 1.82) is 0 Å². The Bertz CT molecular complexity index is 447. The van der Waals surface area contributed by atoms with Crippen molar-refractivity contribution < 1.29 is 0 Å². The maximum atomic E-state index is 4.35. The number of nitrogens with zero attached hydrogens (tertiary/aromatic N) is 2. The zero-order valence-corrected chi connectivity index (χ0v) is 10.3. The molecule has 4 heteroatoms. The summed E-state index contributed by atoms with van der Waals surface area (Å²) in [5, 5.41) is 3.36. The third kappa shape index (κ3) is 3.39. The number of aromatic amines is 1. The summed E-state index contributed by atoms with van der Waals surface area (Å²) in [7, 11) is 0. The molecule has 0 saturated heterocycles. The molecule has 0 fully saturated rings. The number of nitrogens with one attached hydrogen (secondary N) is 2. The molecule has 0 atom stereocenters. The van der Waals surface area contributed by atoms with E-state index >= 15 is 0 Å². The summed E-state index contributed by atoms with van der Waals surface area (Å²) in [5.74, 6) is 1.63. The molecule has 0 aliphatic rings. The Labute approximate surface area is 102 Å².